The first-order chi connectivity index (χ1) is 8.20. The second kappa shape index (κ2) is 5.35. The number of nitrogens with one attached hydrogen (secondary N) is 1. The van der Waals surface area contributed by atoms with Crippen LogP contribution in [0, 0.1) is 6.92 Å². The summed E-state index contributed by atoms with van der Waals surface area (Å²) in [5.74, 6) is 0. The van der Waals surface area contributed by atoms with Crippen LogP contribution in [0.4, 0.5) is 0 Å². The smallest absolute Gasteiger partial charge is 0.0574 e. The van der Waals surface area contributed by atoms with Crippen LogP contribution in [0.15, 0.2) is 48.5 Å². The molecule has 2 aromatic carbocycles. The molecule has 0 bridgehead atoms. The molecule has 0 aliphatic rings. The Kier molecular flexibility index (Phi) is 3.82. The first kappa shape index (κ1) is 12.2. The predicted molar refractivity (Wildman–Crippen MR) is 73.5 cm³/mol. The monoisotopic (exact) mass is 245 g/mol. The maximum absolute atomic E-state index is 5.91. The van der Waals surface area contributed by atoms with Gasteiger partial charge in [-0.05, 0) is 37.2 Å². The molecule has 17 heavy (non-hydrogen) atoms. The Balaban J connectivity index is 2.36. The van der Waals surface area contributed by atoms with E-state index in [1.165, 1.54) is 16.7 Å². The third-order valence-electron chi connectivity index (χ3n) is 2.87. The van der Waals surface area contributed by atoms with Crippen molar-refractivity contribution in [1.82, 2.24) is 5.32 Å². The molecule has 0 aliphatic carbocycles. The van der Waals surface area contributed by atoms with Gasteiger partial charge in [-0.3, -0.25) is 0 Å². The highest BCUT2D eigenvalue weighted by molar-refractivity contribution is 6.30. The lowest BCUT2D eigenvalue weighted by Gasteiger charge is -2.17. The van der Waals surface area contributed by atoms with Gasteiger partial charge in [-0.2, -0.15) is 0 Å². The van der Waals surface area contributed by atoms with Gasteiger partial charge in [-0.15, -0.1) is 0 Å². The largest absolute Gasteiger partial charge is 0.309 e. The molecule has 2 aromatic rings. The van der Waals surface area contributed by atoms with E-state index in [1.807, 2.05) is 19.2 Å². The van der Waals surface area contributed by atoms with Crippen molar-refractivity contribution in [3.05, 3.63) is 70.2 Å². The van der Waals surface area contributed by atoms with E-state index >= 15 is 0 Å². The second-order valence-corrected chi connectivity index (χ2v) is 4.62. The van der Waals surface area contributed by atoms with Gasteiger partial charge in [0, 0.05) is 5.02 Å². The number of hydrogen-bond donors (Lipinski definition) is 1. The van der Waals surface area contributed by atoms with Gasteiger partial charge in [0.25, 0.3) is 0 Å². The molecule has 0 saturated heterocycles. The Hall–Kier alpha value is -1.31. The van der Waals surface area contributed by atoms with Crippen LogP contribution >= 0.6 is 11.6 Å². The summed E-state index contributed by atoms with van der Waals surface area (Å²) in [5, 5.41) is 4.11. The Morgan fingerprint density at radius 3 is 2.29 bits per heavy atom. The van der Waals surface area contributed by atoms with Gasteiger partial charge in [0.2, 0.25) is 0 Å². The van der Waals surface area contributed by atoms with Gasteiger partial charge < -0.3 is 5.32 Å². The van der Waals surface area contributed by atoms with E-state index in [4.69, 9.17) is 11.6 Å². The Morgan fingerprint density at radius 2 is 1.71 bits per heavy atom. The molecular formula is C15H16ClN. The Labute approximate surface area is 107 Å². The lowest BCUT2D eigenvalue weighted by atomic mass is 9.98. The van der Waals surface area contributed by atoms with Crippen LogP contribution in [0.5, 0.6) is 0 Å². The molecule has 1 atom stereocenters. The van der Waals surface area contributed by atoms with Gasteiger partial charge in [-0.25, -0.2) is 0 Å². The highest BCUT2D eigenvalue weighted by atomic mass is 35.5. The van der Waals surface area contributed by atoms with Crippen molar-refractivity contribution in [2.24, 2.45) is 0 Å². The number of benzene rings is 2. The van der Waals surface area contributed by atoms with Crippen LogP contribution in [-0.2, 0) is 0 Å². The summed E-state index contributed by atoms with van der Waals surface area (Å²) in [5.41, 5.74) is 3.77. The summed E-state index contributed by atoms with van der Waals surface area (Å²) < 4.78 is 0. The fourth-order valence-corrected chi connectivity index (χ4v) is 2.16. The summed E-state index contributed by atoms with van der Waals surface area (Å²) in [6.07, 6.45) is 0. The van der Waals surface area contributed by atoms with Crippen LogP contribution in [0.2, 0.25) is 5.02 Å². The molecule has 0 amide bonds. The van der Waals surface area contributed by atoms with Crippen LogP contribution in [0.25, 0.3) is 0 Å². The van der Waals surface area contributed by atoms with Crippen molar-refractivity contribution in [2.75, 3.05) is 7.05 Å². The maximum Gasteiger partial charge on any atom is 0.0574 e. The minimum atomic E-state index is 0.215. The summed E-state index contributed by atoms with van der Waals surface area (Å²) in [6, 6.07) is 16.7. The highest BCUT2D eigenvalue weighted by Crippen LogP contribution is 2.23. The lowest BCUT2D eigenvalue weighted by Crippen LogP contribution is -2.17. The van der Waals surface area contributed by atoms with Crippen molar-refractivity contribution in [3.8, 4) is 0 Å². The molecule has 0 aromatic heterocycles. The van der Waals surface area contributed by atoms with E-state index in [9.17, 15) is 0 Å². The molecule has 0 saturated carbocycles. The summed E-state index contributed by atoms with van der Waals surface area (Å²) >= 11 is 5.91. The van der Waals surface area contributed by atoms with Crippen molar-refractivity contribution >= 4 is 11.6 Å². The first-order valence-electron chi connectivity index (χ1n) is 5.70. The van der Waals surface area contributed by atoms with Gasteiger partial charge in [0.1, 0.15) is 0 Å². The van der Waals surface area contributed by atoms with E-state index in [2.05, 4.69) is 48.6 Å². The van der Waals surface area contributed by atoms with E-state index in [0.717, 1.165) is 5.02 Å². The van der Waals surface area contributed by atoms with Crippen molar-refractivity contribution in [3.63, 3.8) is 0 Å². The summed E-state index contributed by atoms with van der Waals surface area (Å²) in [7, 11) is 1.97. The molecule has 0 heterocycles. The molecule has 0 aliphatic heterocycles. The van der Waals surface area contributed by atoms with Crippen LogP contribution < -0.4 is 5.32 Å². The quantitative estimate of drug-likeness (QED) is 0.863. The van der Waals surface area contributed by atoms with Gasteiger partial charge in [0.15, 0.2) is 0 Å². The molecule has 1 nitrogen and oxygen atoms in total. The van der Waals surface area contributed by atoms with Crippen LogP contribution in [0.1, 0.15) is 22.7 Å². The molecule has 0 fully saturated rings. The molecule has 0 radical (unpaired) electrons. The van der Waals surface area contributed by atoms with E-state index < -0.39 is 0 Å². The zero-order valence-electron chi connectivity index (χ0n) is 10.1. The molecule has 2 rings (SSSR count). The molecular weight excluding hydrogens is 230 g/mol. The van der Waals surface area contributed by atoms with Crippen LogP contribution in [0.3, 0.4) is 0 Å². The lowest BCUT2D eigenvalue weighted by molar-refractivity contribution is 0.691. The topological polar surface area (TPSA) is 12.0 Å². The maximum atomic E-state index is 5.91. The zero-order valence-corrected chi connectivity index (χ0v) is 10.8. The number of rotatable bonds is 3. The molecule has 1 unspecified atom stereocenters. The summed E-state index contributed by atoms with van der Waals surface area (Å²) in [4.78, 5) is 0. The van der Waals surface area contributed by atoms with Crippen molar-refractivity contribution in [1.29, 1.82) is 0 Å². The number of halogens is 1. The molecule has 2 heteroatoms. The molecule has 1 N–H and O–H groups in total. The fourth-order valence-electron chi connectivity index (χ4n) is 2.03. The standard InChI is InChI=1S/C15H16ClN/c1-11-4-3-5-13(10-11)15(17-2)12-6-8-14(16)9-7-12/h3-10,15,17H,1-2H3. The van der Waals surface area contributed by atoms with Crippen molar-refractivity contribution in [2.45, 2.75) is 13.0 Å². The van der Waals surface area contributed by atoms with E-state index in [1.54, 1.807) is 0 Å². The van der Waals surface area contributed by atoms with Crippen molar-refractivity contribution < 1.29 is 0 Å². The minimum absolute atomic E-state index is 0.215. The minimum Gasteiger partial charge on any atom is -0.309 e. The van der Waals surface area contributed by atoms with Gasteiger partial charge >= 0.3 is 0 Å². The summed E-state index contributed by atoms with van der Waals surface area (Å²) in [6.45, 7) is 2.11. The SMILES string of the molecule is CNC(c1ccc(Cl)cc1)c1cccc(C)c1. The third kappa shape index (κ3) is 2.87. The fraction of sp³-hybridized carbons (Fsp3) is 0.200. The zero-order chi connectivity index (χ0) is 12.3. The first-order valence-corrected chi connectivity index (χ1v) is 6.08. The second-order valence-electron chi connectivity index (χ2n) is 4.19. The van der Waals surface area contributed by atoms with Gasteiger partial charge in [0.05, 0.1) is 6.04 Å². The number of hydrogen-bond acceptors (Lipinski definition) is 1. The average Bonchev–Trinajstić information content (AvgIpc) is 2.33. The highest BCUT2D eigenvalue weighted by Gasteiger charge is 2.11. The predicted octanol–water partition coefficient (Wildman–Crippen LogP) is 3.96. The van der Waals surface area contributed by atoms with Crippen LogP contribution in [-0.4, -0.2) is 7.05 Å². The van der Waals surface area contributed by atoms with Gasteiger partial charge in [-0.1, -0.05) is 53.6 Å². The van der Waals surface area contributed by atoms with E-state index in [-0.39, 0.29) is 6.04 Å². The Morgan fingerprint density at radius 1 is 1.00 bits per heavy atom. The van der Waals surface area contributed by atoms with E-state index in [0.29, 0.717) is 0 Å². The third-order valence-corrected chi connectivity index (χ3v) is 3.12. The average molecular weight is 246 g/mol. The normalized spacial score (nSPS) is 12.4. The Bertz CT molecular complexity index is 491. The molecule has 0 spiro atoms. The number of aryl methyl sites for hydroxylation is 1. The molecule has 88 valence electrons.